The number of ether oxygens (including phenoxy) is 1. The third-order valence-corrected chi connectivity index (χ3v) is 2.92. The Morgan fingerprint density at radius 3 is 2.93 bits per heavy atom. The van der Waals surface area contributed by atoms with Gasteiger partial charge in [0.05, 0.1) is 12.3 Å². The van der Waals surface area contributed by atoms with E-state index in [1.54, 1.807) is 12.4 Å². The third-order valence-electron chi connectivity index (χ3n) is 2.92. The summed E-state index contributed by atoms with van der Waals surface area (Å²) >= 11 is 0. The molecule has 1 saturated heterocycles. The van der Waals surface area contributed by atoms with Gasteiger partial charge in [0.15, 0.2) is 0 Å². The molecule has 0 amide bonds. The lowest BCUT2D eigenvalue weighted by Crippen LogP contribution is -2.27. The van der Waals surface area contributed by atoms with Crippen LogP contribution in [-0.4, -0.2) is 29.2 Å². The molecule has 15 heavy (non-hydrogen) atoms. The van der Waals surface area contributed by atoms with Gasteiger partial charge in [0.2, 0.25) is 0 Å². The molecule has 0 spiro atoms. The Hall–Kier alpha value is -1.16. The van der Waals surface area contributed by atoms with Crippen LogP contribution < -0.4 is 5.32 Å². The van der Waals surface area contributed by atoms with Crippen molar-refractivity contribution in [2.24, 2.45) is 5.92 Å². The summed E-state index contributed by atoms with van der Waals surface area (Å²) in [6.07, 6.45) is 4.56. The summed E-state index contributed by atoms with van der Waals surface area (Å²) in [6.45, 7) is 5.88. The fourth-order valence-electron chi connectivity index (χ4n) is 1.83. The van der Waals surface area contributed by atoms with Crippen molar-refractivity contribution in [1.82, 2.24) is 9.97 Å². The maximum Gasteiger partial charge on any atom is 0.147 e. The first-order chi connectivity index (χ1) is 7.27. The van der Waals surface area contributed by atoms with Crippen molar-refractivity contribution in [3.8, 4) is 0 Å². The number of hydrogen-bond donors (Lipinski definition) is 1. The molecule has 4 heteroatoms. The number of anilines is 1. The molecule has 1 N–H and O–H groups in total. The number of nitrogens with one attached hydrogen (secondary N) is 1. The van der Waals surface area contributed by atoms with Gasteiger partial charge >= 0.3 is 0 Å². The van der Waals surface area contributed by atoms with Crippen LogP contribution in [0.3, 0.4) is 0 Å². The third kappa shape index (κ3) is 2.45. The zero-order valence-electron chi connectivity index (χ0n) is 9.23. The van der Waals surface area contributed by atoms with Gasteiger partial charge in [0, 0.05) is 31.0 Å². The second-order valence-corrected chi connectivity index (χ2v) is 4.05. The van der Waals surface area contributed by atoms with Crippen molar-refractivity contribution in [2.75, 3.05) is 18.5 Å². The smallest absolute Gasteiger partial charge is 0.147 e. The Balaban J connectivity index is 1.99. The first kappa shape index (κ1) is 10.4. The van der Waals surface area contributed by atoms with Gasteiger partial charge in [-0.15, -0.1) is 0 Å². The maximum atomic E-state index is 5.37. The molecule has 2 unspecified atom stereocenters. The van der Waals surface area contributed by atoms with Gasteiger partial charge in [-0.25, -0.2) is 4.98 Å². The van der Waals surface area contributed by atoms with Gasteiger partial charge in [0.1, 0.15) is 5.82 Å². The topological polar surface area (TPSA) is 47.0 Å². The van der Waals surface area contributed by atoms with Crippen LogP contribution in [0.1, 0.15) is 19.0 Å². The first-order valence-corrected chi connectivity index (χ1v) is 5.39. The Morgan fingerprint density at radius 1 is 1.47 bits per heavy atom. The van der Waals surface area contributed by atoms with Crippen molar-refractivity contribution in [3.63, 3.8) is 0 Å². The normalized spacial score (nSPS) is 22.7. The highest BCUT2D eigenvalue weighted by atomic mass is 16.5. The molecule has 2 rings (SSSR count). The molecule has 1 aromatic heterocycles. The summed E-state index contributed by atoms with van der Waals surface area (Å²) in [4.78, 5) is 8.48. The van der Waals surface area contributed by atoms with E-state index in [2.05, 4.69) is 22.2 Å². The highest BCUT2D eigenvalue weighted by molar-refractivity contribution is 5.39. The summed E-state index contributed by atoms with van der Waals surface area (Å²) in [5, 5.41) is 3.40. The molecule has 1 aliphatic rings. The molecule has 1 aliphatic heterocycles. The molecule has 0 aromatic carbocycles. The van der Waals surface area contributed by atoms with E-state index in [-0.39, 0.29) is 0 Å². The van der Waals surface area contributed by atoms with E-state index < -0.39 is 0 Å². The van der Waals surface area contributed by atoms with E-state index in [9.17, 15) is 0 Å². The molecule has 4 nitrogen and oxygen atoms in total. The van der Waals surface area contributed by atoms with Crippen molar-refractivity contribution in [2.45, 2.75) is 26.3 Å². The monoisotopic (exact) mass is 207 g/mol. The van der Waals surface area contributed by atoms with Gasteiger partial charge in [-0.1, -0.05) is 0 Å². The molecule has 0 bridgehead atoms. The number of nitrogens with zero attached hydrogens (tertiary/aromatic N) is 2. The summed E-state index contributed by atoms with van der Waals surface area (Å²) in [5.41, 5.74) is 0.947. The lowest BCUT2D eigenvalue weighted by atomic mass is 10.0. The molecule has 1 aromatic rings. The number of aryl methyl sites for hydroxylation is 1. The van der Waals surface area contributed by atoms with Crippen LogP contribution in [0.2, 0.25) is 0 Å². The van der Waals surface area contributed by atoms with E-state index in [0.717, 1.165) is 31.1 Å². The van der Waals surface area contributed by atoms with E-state index in [1.807, 2.05) is 6.92 Å². The Morgan fingerprint density at radius 2 is 2.27 bits per heavy atom. The number of rotatable bonds is 3. The van der Waals surface area contributed by atoms with Crippen LogP contribution in [0, 0.1) is 12.8 Å². The van der Waals surface area contributed by atoms with E-state index in [1.165, 1.54) is 0 Å². The van der Waals surface area contributed by atoms with Gasteiger partial charge in [0.25, 0.3) is 0 Å². The minimum absolute atomic E-state index is 0.392. The van der Waals surface area contributed by atoms with Crippen LogP contribution in [0.15, 0.2) is 12.4 Å². The first-order valence-electron chi connectivity index (χ1n) is 5.39. The lowest BCUT2D eigenvalue weighted by molar-refractivity contribution is 0.183. The molecule has 2 atom stereocenters. The average molecular weight is 207 g/mol. The van der Waals surface area contributed by atoms with Gasteiger partial charge < -0.3 is 10.1 Å². The minimum Gasteiger partial charge on any atom is -0.381 e. The molecule has 0 aliphatic carbocycles. The molecule has 0 saturated carbocycles. The minimum atomic E-state index is 0.392. The van der Waals surface area contributed by atoms with Crippen LogP contribution >= 0.6 is 0 Å². The van der Waals surface area contributed by atoms with E-state index in [4.69, 9.17) is 4.74 Å². The van der Waals surface area contributed by atoms with Crippen LogP contribution in [0.5, 0.6) is 0 Å². The Labute approximate surface area is 90.1 Å². The lowest BCUT2D eigenvalue weighted by Gasteiger charge is -2.20. The zero-order chi connectivity index (χ0) is 10.7. The predicted molar refractivity (Wildman–Crippen MR) is 58.8 cm³/mol. The molecular formula is C11H17N3O. The van der Waals surface area contributed by atoms with Crippen LogP contribution in [0.25, 0.3) is 0 Å². The Kier molecular flexibility index (Phi) is 3.16. The number of hydrogen-bond acceptors (Lipinski definition) is 4. The fraction of sp³-hybridized carbons (Fsp3) is 0.636. The Bertz CT molecular complexity index is 323. The molecule has 82 valence electrons. The predicted octanol–water partition coefficient (Wildman–Crippen LogP) is 1.62. The summed E-state index contributed by atoms with van der Waals surface area (Å²) in [6, 6.07) is 0.392. The van der Waals surface area contributed by atoms with Crippen molar-refractivity contribution in [1.29, 1.82) is 0 Å². The summed E-state index contributed by atoms with van der Waals surface area (Å²) in [5.74, 6) is 1.48. The maximum absolute atomic E-state index is 5.37. The molecular weight excluding hydrogens is 190 g/mol. The molecule has 2 heterocycles. The van der Waals surface area contributed by atoms with Crippen molar-refractivity contribution >= 4 is 5.82 Å². The van der Waals surface area contributed by atoms with Crippen molar-refractivity contribution < 1.29 is 4.74 Å². The SMILES string of the molecule is Cc1nccnc1NC(C)C1CCOC1. The van der Waals surface area contributed by atoms with Gasteiger partial charge in [-0.3, -0.25) is 4.98 Å². The summed E-state index contributed by atoms with van der Waals surface area (Å²) < 4.78 is 5.37. The van der Waals surface area contributed by atoms with E-state index in [0.29, 0.717) is 12.0 Å². The second-order valence-electron chi connectivity index (χ2n) is 4.05. The van der Waals surface area contributed by atoms with Crippen LogP contribution in [0.4, 0.5) is 5.82 Å². The van der Waals surface area contributed by atoms with Gasteiger partial charge in [-0.2, -0.15) is 0 Å². The van der Waals surface area contributed by atoms with E-state index >= 15 is 0 Å². The average Bonchev–Trinajstić information content (AvgIpc) is 2.74. The summed E-state index contributed by atoms with van der Waals surface area (Å²) in [7, 11) is 0. The highest BCUT2D eigenvalue weighted by Gasteiger charge is 2.22. The highest BCUT2D eigenvalue weighted by Crippen LogP contribution is 2.19. The molecule has 1 fully saturated rings. The number of aromatic nitrogens is 2. The largest absolute Gasteiger partial charge is 0.381 e. The van der Waals surface area contributed by atoms with Crippen LogP contribution in [-0.2, 0) is 4.74 Å². The molecule has 0 radical (unpaired) electrons. The van der Waals surface area contributed by atoms with Gasteiger partial charge in [-0.05, 0) is 20.3 Å². The quantitative estimate of drug-likeness (QED) is 0.818. The standard InChI is InChI=1S/C11H17N3O/c1-8(10-3-6-15-7-10)14-11-9(2)12-4-5-13-11/h4-5,8,10H,3,6-7H2,1-2H3,(H,13,14). The zero-order valence-corrected chi connectivity index (χ0v) is 9.23. The van der Waals surface area contributed by atoms with Crippen molar-refractivity contribution in [3.05, 3.63) is 18.1 Å². The second kappa shape index (κ2) is 4.57. The fourth-order valence-corrected chi connectivity index (χ4v) is 1.83.